The standard InChI is InChI=1S/C10H18N2O2S/c1-8-7-15-10(12-8)5-11-4-9(14-3)6-13-2/h7,9,11H,4-6H2,1-3H3. The Hall–Kier alpha value is -0.490. The quantitative estimate of drug-likeness (QED) is 0.764. The molecule has 0 spiro atoms. The summed E-state index contributed by atoms with van der Waals surface area (Å²) < 4.78 is 10.3. The van der Waals surface area contributed by atoms with Gasteiger partial charge in [0.25, 0.3) is 0 Å². The first-order valence-corrected chi connectivity index (χ1v) is 5.77. The molecule has 0 radical (unpaired) electrons. The molecule has 5 heteroatoms. The van der Waals surface area contributed by atoms with E-state index in [0.717, 1.165) is 23.8 Å². The number of nitrogens with one attached hydrogen (secondary N) is 1. The predicted octanol–water partition coefficient (Wildman–Crippen LogP) is 1.20. The molecule has 86 valence electrons. The van der Waals surface area contributed by atoms with E-state index < -0.39 is 0 Å². The van der Waals surface area contributed by atoms with Crippen molar-refractivity contribution in [1.82, 2.24) is 10.3 Å². The number of rotatable bonds is 7. The van der Waals surface area contributed by atoms with Crippen molar-refractivity contribution < 1.29 is 9.47 Å². The van der Waals surface area contributed by atoms with E-state index in [-0.39, 0.29) is 6.10 Å². The Morgan fingerprint density at radius 3 is 2.87 bits per heavy atom. The molecule has 1 atom stereocenters. The highest BCUT2D eigenvalue weighted by Crippen LogP contribution is 2.07. The van der Waals surface area contributed by atoms with E-state index in [1.807, 2.05) is 6.92 Å². The minimum atomic E-state index is 0.107. The maximum absolute atomic E-state index is 5.23. The second-order valence-electron chi connectivity index (χ2n) is 3.33. The van der Waals surface area contributed by atoms with Crippen LogP contribution >= 0.6 is 11.3 Å². The zero-order valence-electron chi connectivity index (χ0n) is 9.45. The van der Waals surface area contributed by atoms with Crippen LogP contribution in [-0.4, -0.2) is 38.5 Å². The molecule has 1 rings (SSSR count). The summed E-state index contributed by atoms with van der Waals surface area (Å²) in [4.78, 5) is 4.36. The molecule has 0 saturated heterocycles. The summed E-state index contributed by atoms with van der Waals surface area (Å²) in [6, 6.07) is 0. The van der Waals surface area contributed by atoms with Crippen molar-refractivity contribution in [2.75, 3.05) is 27.4 Å². The minimum absolute atomic E-state index is 0.107. The number of ether oxygens (including phenoxy) is 2. The van der Waals surface area contributed by atoms with Crippen LogP contribution < -0.4 is 5.32 Å². The number of methoxy groups -OCH3 is 2. The highest BCUT2D eigenvalue weighted by Gasteiger charge is 2.06. The van der Waals surface area contributed by atoms with Crippen LogP contribution in [0.15, 0.2) is 5.38 Å². The summed E-state index contributed by atoms with van der Waals surface area (Å²) in [5.41, 5.74) is 1.08. The van der Waals surface area contributed by atoms with E-state index in [1.54, 1.807) is 25.6 Å². The highest BCUT2D eigenvalue weighted by atomic mass is 32.1. The lowest BCUT2D eigenvalue weighted by Gasteiger charge is -2.14. The second-order valence-corrected chi connectivity index (χ2v) is 4.27. The fraction of sp³-hybridized carbons (Fsp3) is 0.700. The number of hydrogen-bond donors (Lipinski definition) is 1. The maximum atomic E-state index is 5.23. The van der Waals surface area contributed by atoms with Gasteiger partial charge in [-0.3, -0.25) is 0 Å². The van der Waals surface area contributed by atoms with Gasteiger partial charge >= 0.3 is 0 Å². The van der Waals surface area contributed by atoms with Gasteiger partial charge in [-0.05, 0) is 6.92 Å². The Morgan fingerprint density at radius 2 is 2.33 bits per heavy atom. The topological polar surface area (TPSA) is 43.4 Å². The SMILES string of the molecule is COCC(CNCc1nc(C)cs1)OC. The van der Waals surface area contributed by atoms with Crippen LogP contribution in [0.2, 0.25) is 0 Å². The van der Waals surface area contributed by atoms with Crippen molar-refractivity contribution in [1.29, 1.82) is 0 Å². The highest BCUT2D eigenvalue weighted by molar-refractivity contribution is 7.09. The van der Waals surface area contributed by atoms with Crippen LogP contribution in [0.4, 0.5) is 0 Å². The molecular weight excluding hydrogens is 212 g/mol. The van der Waals surface area contributed by atoms with Gasteiger partial charge in [-0.1, -0.05) is 0 Å². The van der Waals surface area contributed by atoms with Crippen molar-refractivity contribution in [3.05, 3.63) is 16.1 Å². The van der Waals surface area contributed by atoms with Crippen LogP contribution in [0.3, 0.4) is 0 Å². The first-order chi connectivity index (χ1) is 7.26. The lowest BCUT2D eigenvalue weighted by molar-refractivity contribution is 0.0288. The summed E-state index contributed by atoms with van der Waals surface area (Å²) in [5.74, 6) is 0. The van der Waals surface area contributed by atoms with Crippen molar-refractivity contribution in [3.63, 3.8) is 0 Å². The number of thiazole rings is 1. The van der Waals surface area contributed by atoms with E-state index in [0.29, 0.717) is 6.61 Å². The third-order valence-corrected chi connectivity index (χ3v) is 2.97. The third-order valence-electron chi connectivity index (χ3n) is 2.00. The van der Waals surface area contributed by atoms with E-state index in [9.17, 15) is 0 Å². The molecule has 15 heavy (non-hydrogen) atoms. The molecule has 0 fully saturated rings. The summed E-state index contributed by atoms with van der Waals surface area (Å²) in [6.45, 7) is 4.19. The van der Waals surface area contributed by atoms with Gasteiger partial charge in [0.15, 0.2) is 0 Å². The molecule has 0 aromatic carbocycles. The van der Waals surface area contributed by atoms with Crippen molar-refractivity contribution in [2.24, 2.45) is 0 Å². The molecule has 1 N–H and O–H groups in total. The summed E-state index contributed by atoms with van der Waals surface area (Å²) in [6.07, 6.45) is 0.107. The van der Waals surface area contributed by atoms with E-state index in [1.165, 1.54) is 0 Å². The predicted molar refractivity (Wildman–Crippen MR) is 61.2 cm³/mol. The fourth-order valence-electron chi connectivity index (χ4n) is 1.22. The smallest absolute Gasteiger partial charge is 0.107 e. The molecule has 0 saturated carbocycles. The zero-order chi connectivity index (χ0) is 11.1. The first-order valence-electron chi connectivity index (χ1n) is 4.89. The first kappa shape index (κ1) is 12.6. The molecule has 0 amide bonds. The average Bonchev–Trinajstić information content (AvgIpc) is 2.63. The van der Waals surface area contributed by atoms with E-state index in [4.69, 9.17) is 9.47 Å². The van der Waals surface area contributed by atoms with Gasteiger partial charge in [-0.2, -0.15) is 0 Å². The average molecular weight is 230 g/mol. The number of aryl methyl sites for hydroxylation is 1. The van der Waals surface area contributed by atoms with Gasteiger partial charge < -0.3 is 14.8 Å². The van der Waals surface area contributed by atoms with Crippen LogP contribution in [0.25, 0.3) is 0 Å². The van der Waals surface area contributed by atoms with Crippen LogP contribution in [-0.2, 0) is 16.0 Å². The Balaban J connectivity index is 2.20. The zero-order valence-corrected chi connectivity index (χ0v) is 10.3. The van der Waals surface area contributed by atoms with Gasteiger partial charge in [-0.15, -0.1) is 11.3 Å². The monoisotopic (exact) mass is 230 g/mol. The number of nitrogens with zero attached hydrogens (tertiary/aromatic N) is 1. The normalized spacial score (nSPS) is 13.0. The fourth-order valence-corrected chi connectivity index (χ4v) is 1.96. The van der Waals surface area contributed by atoms with Gasteiger partial charge in [0.1, 0.15) is 5.01 Å². The molecule has 1 aromatic heterocycles. The summed E-state index contributed by atoms with van der Waals surface area (Å²) in [7, 11) is 3.37. The Morgan fingerprint density at radius 1 is 1.53 bits per heavy atom. The lowest BCUT2D eigenvalue weighted by atomic mass is 10.3. The number of aromatic nitrogens is 1. The molecule has 1 unspecified atom stereocenters. The third kappa shape index (κ3) is 4.70. The largest absolute Gasteiger partial charge is 0.382 e. The van der Waals surface area contributed by atoms with E-state index in [2.05, 4.69) is 15.7 Å². The van der Waals surface area contributed by atoms with Crippen LogP contribution in [0, 0.1) is 6.92 Å². The Labute approximate surface area is 94.6 Å². The summed E-state index contributed by atoms with van der Waals surface area (Å²) in [5, 5.41) is 6.46. The lowest BCUT2D eigenvalue weighted by Crippen LogP contribution is -2.31. The maximum Gasteiger partial charge on any atom is 0.107 e. The second kappa shape index (κ2) is 6.90. The molecule has 0 aliphatic rings. The Kier molecular flexibility index (Phi) is 5.78. The summed E-state index contributed by atoms with van der Waals surface area (Å²) >= 11 is 1.68. The molecule has 0 aliphatic heterocycles. The minimum Gasteiger partial charge on any atom is -0.382 e. The number of hydrogen-bond acceptors (Lipinski definition) is 5. The van der Waals surface area contributed by atoms with Gasteiger partial charge in [0.05, 0.1) is 12.7 Å². The van der Waals surface area contributed by atoms with Gasteiger partial charge in [0.2, 0.25) is 0 Å². The van der Waals surface area contributed by atoms with Crippen LogP contribution in [0.5, 0.6) is 0 Å². The van der Waals surface area contributed by atoms with Crippen LogP contribution in [0.1, 0.15) is 10.7 Å². The Bertz CT molecular complexity index is 278. The molecule has 4 nitrogen and oxygen atoms in total. The van der Waals surface area contributed by atoms with Crippen molar-refractivity contribution in [2.45, 2.75) is 19.6 Å². The van der Waals surface area contributed by atoms with E-state index >= 15 is 0 Å². The van der Waals surface area contributed by atoms with Gasteiger partial charge in [0, 0.05) is 38.4 Å². The molecule has 0 aliphatic carbocycles. The van der Waals surface area contributed by atoms with Crippen molar-refractivity contribution >= 4 is 11.3 Å². The van der Waals surface area contributed by atoms with Crippen molar-refractivity contribution in [3.8, 4) is 0 Å². The molecule has 1 aromatic rings. The molecule has 0 bridgehead atoms. The molecular formula is C10H18N2O2S. The molecule has 1 heterocycles. The van der Waals surface area contributed by atoms with Gasteiger partial charge in [-0.25, -0.2) is 4.98 Å².